The summed E-state index contributed by atoms with van der Waals surface area (Å²) in [5, 5.41) is 4.22. The summed E-state index contributed by atoms with van der Waals surface area (Å²) in [4.78, 5) is 24.5. The van der Waals surface area contributed by atoms with Crippen LogP contribution in [0.4, 0.5) is 4.79 Å². The maximum Gasteiger partial charge on any atom is 0.408 e. The zero-order valence-electron chi connectivity index (χ0n) is 14.0. The van der Waals surface area contributed by atoms with Crippen LogP contribution < -0.4 is 10.5 Å². The molecule has 1 aromatic carbocycles. The molecule has 3 rings (SSSR count). The summed E-state index contributed by atoms with van der Waals surface area (Å²) in [6, 6.07) is 10.2. The smallest absolute Gasteiger partial charge is 0.408 e. The van der Waals surface area contributed by atoms with Crippen LogP contribution in [0.15, 0.2) is 30.3 Å². The number of carbonyl (C=O) groups excluding carboxylic acids is 2. The Morgan fingerprint density at radius 1 is 1.42 bits per heavy atom. The van der Waals surface area contributed by atoms with Gasteiger partial charge in [0.05, 0.1) is 21.2 Å². The van der Waals surface area contributed by atoms with Gasteiger partial charge in [-0.05, 0) is 12.0 Å². The number of amides is 1. The molecule has 5 nitrogen and oxygen atoms in total. The Bertz CT molecular complexity index is 653. The van der Waals surface area contributed by atoms with E-state index < -0.39 is 25.7 Å². The topological polar surface area (TPSA) is 64.6 Å². The van der Waals surface area contributed by atoms with E-state index in [4.69, 9.17) is 9.47 Å². The number of halogens is 1. The highest BCUT2D eigenvalue weighted by Crippen LogP contribution is 2.54. The number of hydrogen-bond acceptors (Lipinski definition) is 4. The van der Waals surface area contributed by atoms with Gasteiger partial charge in [0.25, 0.3) is 0 Å². The molecule has 130 valence electrons. The fourth-order valence-electron chi connectivity index (χ4n) is 4.29. The summed E-state index contributed by atoms with van der Waals surface area (Å²) in [5.41, 5.74) is -0.651. The van der Waals surface area contributed by atoms with Crippen molar-refractivity contribution in [1.82, 2.24) is 5.32 Å². The number of esters is 1. The number of nitrogens with one attached hydrogen (secondary N) is 1. The predicted octanol–water partition coefficient (Wildman–Crippen LogP) is 2.45. The van der Waals surface area contributed by atoms with Crippen molar-refractivity contribution >= 4 is 47.9 Å². The lowest BCUT2D eigenvalue weighted by molar-refractivity contribution is -0.151. The number of hydrogen-bond donors (Lipinski definition) is 1. The van der Waals surface area contributed by atoms with Gasteiger partial charge in [0.1, 0.15) is 5.92 Å². The van der Waals surface area contributed by atoms with Crippen molar-refractivity contribution in [1.29, 1.82) is 0 Å². The molecule has 1 aromatic rings. The lowest BCUT2D eigenvalue weighted by Crippen LogP contribution is -2.53. The van der Waals surface area contributed by atoms with Crippen LogP contribution in [0.5, 0.6) is 0 Å². The number of benzene rings is 1. The Labute approximate surface area is 156 Å². The van der Waals surface area contributed by atoms with Crippen LogP contribution in [0.2, 0.25) is 18.6 Å². The lowest BCUT2D eigenvalue weighted by atomic mass is 9.90. The highest BCUT2D eigenvalue weighted by molar-refractivity contribution is 14.1. The molecule has 1 amide bonds. The van der Waals surface area contributed by atoms with Crippen molar-refractivity contribution in [2.24, 2.45) is 5.92 Å². The van der Waals surface area contributed by atoms with E-state index in [1.807, 2.05) is 18.2 Å². The van der Waals surface area contributed by atoms with Crippen molar-refractivity contribution in [3.8, 4) is 0 Å². The maximum absolute atomic E-state index is 12.7. The van der Waals surface area contributed by atoms with Crippen LogP contribution in [-0.2, 0) is 14.3 Å². The molecule has 2 fully saturated rings. The Balaban J connectivity index is 2.05. The van der Waals surface area contributed by atoms with Gasteiger partial charge in [-0.25, -0.2) is 4.79 Å². The van der Waals surface area contributed by atoms with Crippen LogP contribution >= 0.6 is 22.6 Å². The molecule has 0 spiro atoms. The molecule has 0 aromatic heterocycles. The Morgan fingerprint density at radius 2 is 2.08 bits per heavy atom. The maximum atomic E-state index is 12.7. The second-order valence-electron chi connectivity index (χ2n) is 7.11. The van der Waals surface area contributed by atoms with Crippen LogP contribution in [0.25, 0.3) is 0 Å². The third-order valence-corrected chi connectivity index (χ3v) is 11.1. The second-order valence-corrected chi connectivity index (χ2v) is 12.6. The van der Waals surface area contributed by atoms with Crippen molar-refractivity contribution in [2.75, 3.05) is 11.5 Å². The first-order valence-electron chi connectivity index (χ1n) is 8.05. The number of ether oxygens (including phenoxy) is 2. The van der Waals surface area contributed by atoms with Crippen LogP contribution in [0, 0.1) is 5.92 Å². The predicted molar refractivity (Wildman–Crippen MR) is 102 cm³/mol. The fraction of sp³-hybridized carbons (Fsp3) is 0.529. The molecular formula is C17H22INO4Si. The third kappa shape index (κ3) is 2.56. The summed E-state index contributed by atoms with van der Waals surface area (Å²) in [6.45, 7) is 4.57. The van der Waals surface area contributed by atoms with E-state index in [9.17, 15) is 9.59 Å². The van der Waals surface area contributed by atoms with Crippen molar-refractivity contribution in [3.63, 3.8) is 0 Å². The van der Waals surface area contributed by atoms with Gasteiger partial charge in [-0.3, -0.25) is 4.79 Å². The monoisotopic (exact) mass is 459 g/mol. The molecule has 0 bridgehead atoms. The summed E-state index contributed by atoms with van der Waals surface area (Å²) < 4.78 is 11.4. The van der Waals surface area contributed by atoms with Gasteiger partial charge in [-0.2, -0.15) is 0 Å². The van der Waals surface area contributed by atoms with E-state index >= 15 is 0 Å². The minimum absolute atomic E-state index is 0.133. The van der Waals surface area contributed by atoms with Crippen molar-refractivity contribution in [3.05, 3.63) is 30.3 Å². The van der Waals surface area contributed by atoms with Gasteiger partial charge in [-0.15, -0.1) is 0 Å². The fourth-order valence-corrected chi connectivity index (χ4v) is 9.01. The zero-order chi connectivity index (χ0) is 17.5. The van der Waals surface area contributed by atoms with E-state index in [1.54, 1.807) is 0 Å². The van der Waals surface area contributed by atoms with Gasteiger partial charge in [-0.1, -0.05) is 71.2 Å². The standard InChI is InChI=1S/C17H22INO4Si/c1-22-15(20)14-12(24(2,3)11-7-5-4-6-8-11)9-13-17(14,10-18)23-16(21)19-13/h4-8,12-14H,9-10H2,1-3H3,(H,19,21). The molecule has 2 aliphatic rings. The van der Waals surface area contributed by atoms with Crippen LogP contribution in [-0.4, -0.2) is 43.3 Å². The minimum Gasteiger partial charge on any atom is -0.469 e. The molecule has 1 saturated heterocycles. The first kappa shape index (κ1) is 17.7. The summed E-state index contributed by atoms with van der Waals surface area (Å²) >= 11 is 2.22. The zero-order valence-corrected chi connectivity index (χ0v) is 17.2. The largest absolute Gasteiger partial charge is 0.469 e. The lowest BCUT2D eigenvalue weighted by Gasteiger charge is -2.37. The molecule has 1 heterocycles. The number of rotatable bonds is 4. The van der Waals surface area contributed by atoms with Gasteiger partial charge < -0.3 is 14.8 Å². The number of carbonyl (C=O) groups is 2. The first-order valence-corrected chi connectivity index (χ1v) is 12.7. The molecule has 1 aliphatic carbocycles. The molecule has 0 radical (unpaired) electrons. The molecule has 1 N–H and O–H groups in total. The van der Waals surface area contributed by atoms with Gasteiger partial charge >= 0.3 is 12.1 Å². The molecule has 24 heavy (non-hydrogen) atoms. The highest BCUT2D eigenvalue weighted by Gasteiger charge is 2.67. The normalized spacial score (nSPS) is 32.0. The van der Waals surface area contributed by atoms with E-state index in [-0.39, 0.29) is 17.6 Å². The molecule has 4 atom stereocenters. The Hall–Kier alpha value is -1.09. The third-order valence-electron chi connectivity index (χ3n) is 5.69. The van der Waals surface area contributed by atoms with Crippen LogP contribution in [0.3, 0.4) is 0 Å². The van der Waals surface area contributed by atoms with Crippen LogP contribution in [0.1, 0.15) is 6.42 Å². The highest BCUT2D eigenvalue weighted by atomic mass is 127. The van der Waals surface area contributed by atoms with Gasteiger partial charge in [0.15, 0.2) is 5.60 Å². The minimum atomic E-state index is -1.98. The summed E-state index contributed by atoms with van der Waals surface area (Å²) in [7, 11) is -0.564. The SMILES string of the molecule is COC(=O)C1C([Si](C)(C)c2ccccc2)CC2NC(=O)OC21CI. The molecule has 1 aliphatic heterocycles. The average molecular weight is 459 g/mol. The van der Waals surface area contributed by atoms with E-state index in [2.05, 4.69) is 53.1 Å². The number of alkyl carbamates (subject to hydrolysis) is 1. The Kier molecular flexibility index (Phi) is 4.67. The second kappa shape index (κ2) is 6.33. The Morgan fingerprint density at radius 3 is 2.67 bits per heavy atom. The molecular weight excluding hydrogens is 437 g/mol. The van der Waals surface area contributed by atoms with Crippen molar-refractivity contribution in [2.45, 2.75) is 36.7 Å². The molecule has 4 unspecified atom stereocenters. The average Bonchev–Trinajstić information content (AvgIpc) is 3.06. The van der Waals surface area contributed by atoms with Crippen molar-refractivity contribution < 1.29 is 19.1 Å². The summed E-state index contributed by atoms with van der Waals surface area (Å²) in [5.74, 6) is -0.697. The van der Waals surface area contributed by atoms with Gasteiger partial charge in [0.2, 0.25) is 0 Å². The molecule has 1 saturated carbocycles. The number of methoxy groups -OCH3 is 1. The molecule has 7 heteroatoms. The van der Waals surface area contributed by atoms with E-state index in [1.165, 1.54) is 12.3 Å². The first-order chi connectivity index (χ1) is 11.4. The van der Waals surface area contributed by atoms with Gasteiger partial charge in [0, 0.05) is 4.43 Å². The number of alkyl halides is 1. The van der Waals surface area contributed by atoms with E-state index in [0.29, 0.717) is 4.43 Å². The quantitative estimate of drug-likeness (QED) is 0.325. The number of fused-ring (bicyclic) bond motifs is 1. The van der Waals surface area contributed by atoms with E-state index in [0.717, 1.165) is 6.42 Å². The summed E-state index contributed by atoms with van der Waals surface area (Å²) in [6.07, 6.45) is 0.325.